The standard InChI is InChI=1S/C20H16BrF3N6O/c1-10-18-13(19(23)24)6-16(11-7-25-29(2)8-11)27-20(18)30(28-10)9-17(31)26-15-4-3-12(21)5-14(15)22/h3-8,19H,9H2,1-2H3,(H,26,31). The number of hydrogen-bond acceptors (Lipinski definition) is 4. The number of aryl methyl sites for hydroxylation is 2. The third-order valence-corrected chi connectivity index (χ3v) is 5.14. The number of hydrogen-bond donors (Lipinski definition) is 1. The summed E-state index contributed by atoms with van der Waals surface area (Å²) in [5.74, 6) is -1.18. The number of alkyl halides is 2. The van der Waals surface area contributed by atoms with Crippen LogP contribution in [0.4, 0.5) is 18.9 Å². The van der Waals surface area contributed by atoms with Gasteiger partial charge in [-0.2, -0.15) is 10.2 Å². The van der Waals surface area contributed by atoms with Crippen molar-refractivity contribution in [3.8, 4) is 11.3 Å². The second-order valence-corrected chi connectivity index (χ2v) is 7.83. The lowest BCUT2D eigenvalue weighted by Gasteiger charge is -2.09. The van der Waals surface area contributed by atoms with Crippen LogP contribution >= 0.6 is 15.9 Å². The van der Waals surface area contributed by atoms with Crippen molar-refractivity contribution in [2.24, 2.45) is 7.05 Å². The highest BCUT2D eigenvalue weighted by Crippen LogP contribution is 2.33. The van der Waals surface area contributed by atoms with Gasteiger partial charge in [0.1, 0.15) is 12.4 Å². The van der Waals surface area contributed by atoms with Gasteiger partial charge in [0.15, 0.2) is 5.65 Å². The van der Waals surface area contributed by atoms with Crippen LogP contribution in [0, 0.1) is 12.7 Å². The molecular weight excluding hydrogens is 477 g/mol. The van der Waals surface area contributed by atoms with Crippen molar-refractivity contribution in [3.63, 3.8) is 0 Å². The van der Waals surface area contributed by atoms with Crippen molar-refractivity contribution >= 4 is 38.6 Å². The Balaban J connectivity index is 1.73. The fourth-order valence-electron chi connectivity index (χ4n) is 3.29. The Labute approximate surface area is 183 Å². The van der Waals surface area contributed by atoms with E-state index in [1.807, 2.05) is 0 Å². The zero-order chi connectivity index (χ0) is 22.3. The normalized spacial score (nSPS) is 11.5. The van der Waals surface area contributed by atoms with E-state index in [1.165, 1.54) is 33.8 Å². The van der Waals surface area contributed by atoms with Crippen molar-refractivity contribution in [1.82, 2.24) is 24.5 Å². The Hall–Kier alpha value is -3.21. The lowest BCUT2D eigenvalue weighted by molar-refractivity contribution is -0.116. The van der Waals surface area contributed by atoms with Crippen LogP contribution in [-0.4, -0.2) is 30.5 Å². The molecule has 3 aromatic heterocycles. The molecule has 0 radical (unpaired) electrons. The van der Waals surface area contributed by atoms with Gasteiger partial charge in [-0.15, -0.1) is 0 Å². The average Bonchev–Trinajstić information content (AvgIpc) is 3.27. The first-order valence-corrected chi connectivity index (χ1v) is 9.92. The summed E-state index contributed by atoms with van der Waals surface area (Å²) in [6.07, 6.45) is 0.406. The van der Waals surface area contributed by atoms with Crippen LogP contribution in [-0.2, 0) is 18.4 Å². The number of pyridine rings is 1. The summed E-state index contributed by atoms with van der Waals surface area (Å²) in [6, 6.07) is 5.53. The number of aromatic nitrogens is 5. The van der Waals surface area contributed by atoms with Gasteiger partial charge in [-0.25, -0.2) is 22.8 Å². The zero-order valence-electron chi connectivity index (χ0n) is 16.4. The largest absolute Gasteiger partial charge is 0.322 e. The Morgan fingerprint density at radius 3 is 2.71 bits per heavy atom. The number of benzene rings is 1. The predicted molar refractivity (Wildman–Crippen MR) is 112 cm³/mol. The maximum absolute atomic E-state index is 14.0. The predicted octanol–water partition coefficient (Wildman–Crippen LogP) is 4.62. The number of nitrogens with zero attached hydrogens (tertiary/aromatic N) is 5. The Bertz CT molecular complexity index is 1300. The second-order valence-electron chi connectivity index (χ2n) is 6.91. The second kappa shape index (κ2) is 8.14. The van der Waals surface area contributed by atoms with E-state index < -0.39 is 18.1 Å². The molecule has 160 valence electrons. The quantitative estimate of drug-likeness (QED) is 0.441. The topological polar surface area (TPSA) is 77.6 Å². The Morgan fingerprint density at radius 2 is 2.06 bits per heavy atom. The van der Waals surface area contributed by atoms with Crippen molar-refractivity contribution < 1.29 is 18.0 Å². The molecule has 0 spiro atoms. The minimum absolute atomic E-state index is 0.00124. The molecule has 0 fully saturated rings. The molecular formula is C20H16BrF3N6O. The first kappa shape index (κ1) is 21.0. The van der Waals surface area contributed by atoms with Gasteiger partial charge in [0, 0.05) is 28.8 Å². The highest BCUT2D eigenvalue weighted by atomic mass is 79.9. The number of amides is 1. The van der Waals surface area contributed by atoms with Crippen LogP contribution < -0.4 is 5.32 Å². The van der Waals surface area contributed by atoms with E-state index in [1.54, 1.807) is 26.2 Å². The van der Waals surface area contributed by atoms with Crippen LogP contribution in [0.5, 0.6) is 0 Å². The van der Waals surface area contributed by atoms with Crippen molar-refractivity contribution in [1.29, 1.82) is 0 Å². The zero-order valence-corrected chi connectivity index (χ0v) is 18.0. The van der Waals surface area contributed by atoms with E-state index in [2.05, 4.69) is 36.4 Å². The summed E-state index contributed by atoms with van der Waals surface area (Å²) < 4.78 is 44.9. The number of nitrogens with one attached hydrogen (secondary N) is 1. The number of fused-ring (bicyclic) bond motifs is 1. The van der Waals surface area contributed by atoms with E-state index >= 15 is 0 Å². The monoisotopic (exact) mass is 492 g/mol. The molecule has 0 unspecified atom stereocenters. The molecule has 0 saturated carbocycles. The first-order valence-electron chi connectivity index (χ1n) is 9.13. The number of carbonyl (C=O) groups is 1. The molecule has 3 heterocycles. The van der Waals surface area contributed by atoms with E-state index in [0.29, 0.717) is 15.7 Å². The van der Waals surface area contributed by atoms with Gasteiger partial charge >= 0.3 is 0 Å². The van der Waals surface area contributed by atoms with E-state index in [4.69, 9.17) is 0 Å². The summed E-state index contributed by atoms with van der Waals surface area (Å²) in [6.45, 7) is 1.24. The van der Waals surface area contributed by atoms with Crippen LogP contribution in [0.1, 0.15) is 17.7 Å². The molecule has 0 bridgehead atoms. The molecule has 0 aliphatic heterocycles. The summed E-state index contributed by atoms with van der Waals surface area (Å²) >= 11 is 3.15. The maximum Gasteiger partial charge on any atom is 0.264 e. The molecule has 0 aliphatic rings. The van der Waals surface area contributed by atoms with Gasteiger partial charge < -0.3 is 5.32 Å². The van der Waals surface area contributed by atoms with Gasteiger partial charge in [0.2, 0.25) is 5.91 Å². The molecule has 0 aliphatic carbocycles. The maximum atomic E-state index is 14.0. The lowest BCUT2D eigenvalue weighted by Crippen LogP contribution is -2.20. The van der Waals surface area contributed by atoms with Gasteiger partial charge in [-0.1, -0.05) is 15.9 Å². The minimum atomic E-state index is -2.76. The van der Waals surface area contributed by atoms with Gasteiger partial charge in [0.25, 0.3) is 6.43 Å². The smallest absolute Gasteiger partial charge is 0.264 e. The molecule has 0 saturated heterocycles. The summed E-state index contributed by atoms with van der Waals surface area (Å²) in [4.78, 5) is 17.0. The highest BCUT2D eigenvalue weighted by Gasteiger charge is 2.22. The molecule has 1 N–H and O–H groups in total. The summed E-state index contributed by atoms with van der Waals surface area (Å²) in [5.41, 5.74) is 1.07. The third-order valence-electron chi connectivity index (χ3n) is 4.64. The van der Waals surface area contributed by atoms with Crippen LogP contribution in [0.25, 0.3) is 22.3 Å². The number of halogens is 4. The van der Waals surface area contributed by atoms with Crippen LogP contribution in [0.15, 0.2) is 41.1 Å². The number of carbonyl (C=O) groups excluding carboxylic acids is 1. The highest BCUT2D eigenvalue weighted by molar-refractivity contribution is 9.10. The SMILES string of the molecule is Cc1nn(CC(=O)Nc2ccc(Br)cc2F)c2nc(-c3cnn(C)c3)cc(C(F)F)c12. The summed E-state index contributed by atoms with van der Waals surface area (Å²) in [5, 5.41) is 10.9. The molecule has 1 aromatic carbocycles. The van der Waals surface area contributed by atoms with Crippen molar-refractivity contribution in [2.75, 3.05) is 5.32 Å². The number of anilines is 1. The molecule has 31 heavy (non-hydrogen) atoms. The molecule has 11 heteroatoms. The molecule has 4 rings (SSSR count). The first-order chi connectivity index (χ1) is 14.7. The fraction of sp³-hybridized carbons (Fsp3) is 0.200. The van der Waals surface area contributed by atoms with Crippen LogP contribution in [0.2, 0.25) is 0 Å². The Morgan fingerprint density at radius 1 is 1.29 bits per heavy atom. The van der Waals surface area contributed by atoms with Gasteiger partial charge in [-0.3, -0.25) is 9.48 Å². The van der Waals surface area contributed by atoms with Gasteiger partial charge in [0.05, 0.1) is 28.7 Å². The van der Waals surface area contributed by atoms with Gasteiger partial charge in [-0.05, 0) is 31.2 Å². The van der Waals surface area contributed by atoms with E-state index in [0.717, 1.165) is 0 Å². The molecule has 0 atom stereocenters. The third kappa shape index (κ3) is 4.18. The van der Waals surface area contributed by atoms with E-state index in [9.17, 15) is 18.0 Å². The fourth-order valence-corrected chi connectivity index (χ4v) is 3.62. The van der Waals surface area contributed by atoms with E-state index in [-0.39, 0.29) is 34.5 Å². The minimum Gasteiger partial charge on any atom is -0.322 e. The van der Waals surface area contributed by atoms with Crippen LogP contribution in [0.3, 0.4) is 0 Å². The lowest BCUT2D eigenvalue weighted by atomic mass is 10.1. The summed E-state index contributed by atoms with van der Waals surface area (Å²) in [7, 11) is 1.70. The number of rotatable bonds is 5. The molecule has 7 nitrogen and oxygen atoms in total. The molecule has 1 amide bonds. The Kier molecular flexibility index (Phi) is 5.52. The molecule has 4 aromatic rings. The average molecular weight is 493 g/mol. The van der Waals surface area contributed by atoms with Crippen molar-refractivity contribution in [2.45, 2.75) is 19.9 Å². The van der Waals surface area contributed by atoms with Crippen molar-refractivity contribution in [3.05, 3.63) is 58.2 Å².